The summed E-state index contributed by atoms with van der Waals surface area (Å²) >= 11 is 6.12. The second-order valence-corrected chi connectivity index (χ2v) is 5.76. The molecule has 1 fully saturated rings. The number of halogens is 1. The van der Waals surface area contributed by atoms with Crippen LogP contribution in [0.5, 0.6) is 0 Å². The number of hydrogen-bond donors (Lipinski definition) is 1. The molecule has 1 aromatic rings. The van der Waals surface area contributed by atoms with Crippen molar-refractivity contribution in [1.82, 2.24) is 9.78 Å². The number of aromatic nitrogens is 2. The van der Waals surface area contributed by atoms with Gasteiger partial charge < -0.3 is 5.11 Å². The Bertz CT molecular complexity index is 359. The van der Waals surface area contributed by atoms with Gasteiger partial charge in [-0.1, -0.05) is 25.4 Å². The van der Waals surface area contributed by atoms with Crippen LogP contribution in [0.1, 0.15) is 38.8 Å². The normalized spacial score (nSPS) is 35.3. The highest BCUT2D eigenvalue weighted by Crippen LogP contribution is 2.44. The fourth-order valence-electron chi connectivity index (χ4n) is 3.22. The van der Waals surface area contributed by atoms with Crippen LogP contribution >= 0.6 is 11.6 Å². The molecular weight excluding hydrogens is 224 g/mol. The molecular formula is C12H19ClN2O. The maximum atomic E-state index is 10.8. The Balaban J connectivity index is 2.37. The van der Waals surface area contributed by atoms with E-state index in [1.165, 1.54) is 6.42 Å². The standard InChI is InChI=1S/C12H19ClN2O/c1-8-4-9(2)6-12(16,5-8)11-10(13)7-14-15(11)3/h7-9,16H,4-6H2,1-3H3. The zero-order chi connectivity index (χ0) is 11.9. The van der Waals surface area contributed by atoms with E-state index >= 15 is 0 Å². The molecule has 0 bridgehead atoms. The van der Waals surface area contributed by atoms with Crippen molar-refractivity contribution < 1.29 is 5.11 Å². The van der Waals surface area contributed by atoms with Gasteiger partial charge in [-0.25, -0.2) is 0 Å². The molecule has 2 rings (SSSR count). The van der Waals surface area contributed by atoms with Gasteiger partial charge in [0.2, 0.25) is 0 Å². The lowest BCUT2D eigenvalue weighted by Crippen LogP contribution is -2.37. The van der Waals surface area contributed by atoms with Gasteiger partial charge in [0.15, 0.2) is 0 Å². The third kappa shape index (κ3) is 1.98. The lowest BCUT2D eigenvalue weighted by atomic mass is 9.72. The van der Waals surface area contributed by atoms with E-state index < -0.39 is 5.60 Å². The molecule has 1 N–H and O–H groups in total. The highest BCUT2D eigenvalue weighted by atomic mass is 35.5. The molecule has 2 atom stereocenters. The largest absolute Gasteiger partial charge is 0.383 e. The summed E-state index contributed by atoms with van der Waals surface area (Å²) in [6.07, 6.45) is 4.34. The van der Waals surface area contributed by atoms with E-state index in [2.05, 4.69) is 18.9 Å². The van der Waals surface area contributed by atoms with E-state index in [1.807, 2.05) is 7.05 Å². The van der Waals surface area contributed by atoms with E-state index in [0.717, 1.165) is 18.5 Å². The summed E-state index contributed by atoms with van der Waals surface area (Å²) in [6, 6.07) is 0. The van der Waals surface area contributed by atoms with Gasteiger partial charge >= 0.3 is 0 Å². The molecule has 0 spiro atoms. The fourth-order valence-corrected chi connectivity index (χ4v) is 3.56. The maximum Gasteiger partial charge on any atom is 0.108 e. The van der Waals surface area contributed by atoms with Gasteiger partial charge in [-0.3, -0.25) is 4.68 Å². The van der Waals surface area contributed by atoms with Gasteiger partial charge in [-0.05, 0) is 31.1 Å². The second kappa shape index (κ2) is 4.04. The van der Waals surface area contributed by atoms with Crippen LogP contribution in [0.3, 0.4) is 0 Å². The van der Waals surface area contributed by atoms with E-state index in [-0.39, 0.29) is 0 Å². The molecule has 1 aliphatic rings. The van der Waals surface area contributed by atoms with E-state index in [1.54, 1.807) is 10.9 Å². The fraction of sp³-hybridized carbons (Fsp3) is 0.750. The van der Waals surface area contributed by atoms with Crippen molar-refractivity contribution in [3.63, 3.8) is 0 Å². The molecule has 16 heavy (non-hydrogen) atoms. The van der Waals surface area contributed by atoms with Crippen molar-refractivity contribution in [1.29, 1.82) is 0 Å². The molecule has 0 amide bonds. The molecule has 4 heteroatoms. The number of aliphatic hydroxyl groups is 1. The number of aryl methyl sites for hydroxylation is 1. The average molecular weight is 243 g/mol. The predicted molar refractivity (Wildman–Crippen MR) is 64.3 cm³/mol. The van der Waals surface area contributed by atoms with Crippen molar-refractivity contribution in [3.8, 4) is 0 Å². The first-order valence-corrected chi connectivity index (χ1v) is 6.20. The molecule has 0 aromatic carbocycles. The first kappa shape index (κ1) is 11.9. The molecule has 1 aromatic heterocycles. The Labute approximate surface area is 101 Å². The Morgan fingerprint density at radius 2 is 2.00 bits per heavy atom. The summed E-state index contributed by atoms with van der Waals surface area (Å²) in [4.78, 5) is 0. The monoisotopic (exact) mass is 242 g/mol. The average Bonchev–Trinajstić information content (AvgIpc) is 2.43. The second-order valence-electron chi connectivity index (χ2n) is 5.35. The van der Waals surface area contributed by atoms with Crippen molar-refractivity contribution in [2.45, 2.75) is 38.7 Å². The minimum absolute atomic E-state index is 0.528. The van der Waals surface area contributed by atoms with Crippen LogP contribution in [0.2, 0.25) is 5.02 Å². The van der Waals surface area contributed by atoms with Crippen LogP contribution in [0.4, 0.5) is 0 Å². The third-order valence-corrected chi connectivity index (χ3v) is 3.79. The number of nitrogens with zero attached hydrogens (tertiary/aromatic N) is 2. The topological polar surface area (TPSA) is 38.1 Å². The Morgan fingerprint density at radius 3 is 2.44 bits per heavy atom. The Kier molecular flexibility index (Phi) is 3.01. The summed E-state index contributed by atoms with van der Waals surface area (Å²) in [6.45, 7) is 4.37. The first-order valence-electron chi connectivity index (χ1n) is 5.83. The maximum absolute atomic E-state index is 10.8. The summed E-state index contributed by atoms with van der Waals surface area (Å²) in [7, 11) is 1.84. The predicted octanol–water partition coefficient (Wildman–Crippen LogP) is 2.72. The van der Waals surface area contributed by atoms with Gasteiger partial charge in [0.25, 0.3) is 0 Å². The zero-order valence-electron chi connectivity index (χ0n) is 10.1. The first-order chi connectivity index (χ1) is 7.42. The van der Waals surface area contributed by atoms with Crippen LogP contribution in [-0.2, 0) is 12.6 Å². The van der Waals surface area contributed by atoms with Gasteiger partial charge in [0.1, 0.15) is 5.60 Å². The molecule has 3 nitrogen and oxygen atoms in total. The lowest BCUT2D eigenvalue weighted by molar-refractivity contribution is -0.0424. The van der Waals surface area contributed by atoms with Crippen LogP contribution in [0.25, 0.3) is 0 Å². The molecule has 90 valence electrons. The van der Waals surface area contributed by atoms with Crippen molar-refractivity contribution in [2.75, 3.05) is 0 Å². The van der Waals surface area contributed by atoms with Crippen LogP contribution in [-0.4, -0.2) is 14.9 Å². The molecule has 1 heterocycles. The smallest absolute Gasteiger partial charge is 0.108 e. The molecule has 0 saturated heterocycles. The minimum Gasteiger partial charge on any atom is -0.383 e. The van der Waals surface area contributed by atoms with Crippen LogP contribution in [0.15, 0.2) is 6.20 Å². The van der Waals surface area contributed by atoms with E-state index in [0.29, 0.717) is 16.9 Å². The van der Waals surface area contributed by atoms with Crippen LogP contribution < -0.4 is 0 Å². The minimum atomic E-state index is -0.806. The highest BCUT2D eigenvalue weighted by Gasteiger charge is 2.40. The summed E-state index contributed by atoms with van der Waals surface area (Å²) in [5.41, 5.74) is -0.0352. The molecule has 2 unspecified atom stereocenters. The Morgan fingerprint density at radius 1 is 1.44 bits per heavy atom. The summed E-state index contributed by atoms with van der Waals surface area (Å²) in [5.74, 6) is 1.06. The van der Waals surface area contributed by atoms with E-state index in [9.17, 15) is 5.11 Å². The van der Waals surface area contributed by atoms with E-state index in [4.69, 9.17) is 11.6 Å². The Hall–Kier alpha value is -0.540. The molecule has 1 aliphatic carbocycles. The highest BCUT2D eigenvalue weighted by molar-refractivity contribution is 6.31. The summed E-state index contributed by atoms with van der Waals surface area (Å²) in [5, 5.41) is 15.5. The van der Waals surface area contributed by atoms with Gasteiger partial charge in [0.05, 0.1) is 16.9 Å². The SMILES string of the molecule is CC1CC(C)CC(O)(c2c(Cl)cnn2C)C1. The van der Waals surface area contributed by atoms with Crippen LogP contribution in [0, 0.1) is 11.8 Å². The molecule has 0 aliphatic heterocycles. The van der Waals surface area contributed by atoms with Gasteiger partial charge in [-0.2, -0.15) is 5.10 Å². The summed E-state index contributed by atoms with van der Waals surface area (Å²) < 4.78 is 1.70. The van der Waals surface area contributed by atoms with Crippen molar-refractivity contribution in [2.24, 2.45) is 18.9 Å². The zero-order valence-corrected chi connectivity index (χ0v) is 10.8. The van der Waals surface area contributed by atoms with Gasteiger partial charge in [-0.15, -0.1) is 0 Å². The lowest BCUT2D eigenvalue weighted by Gasteiger charge is -2.39. The quantitative estimate of drug-likeness (QED) is 0.822. The number of rotatable bonds is 1. The molecule has 0 radical (unpaired) electrons. The van der Waals surface area contributed by atoms with Crippen molar-refractivity contribution in [3.05, 3.63) is 16.9 Å². The van der Waals surface area contributed by atoms with Crippen molar-refractivity contribution >= 4 is 11.6 Å². The molecule has 1 saturated carbocycles. The van der Waals surface area contributed by atoms with Gasteiger partial charge in [0, 0.05) is 7.05 Å². The number of hydrogen-bond acceptors (Lipinski definition) is 2. The third-order valence-electron chi connectivity index (χ3n) is 3.51.